The molecule has 0 aliphatic rings. The van der Waals surface area contributed by atoms with Gasteiger partial charge in [0.2, 0.25) is 0 Å². The molecule has 4 aromatic carbocycles. The van der Waals surface area contributed by atoms with Crippen LogP contribution in [-0.2, 0) is 10.8 Å². The van der Waals surface area contributed by atoms with Crippen LogP contribution in [0.2, 0.25) is 0 Å². The van der Waals surface area contributed by atoms with E-state index in [0.717, 1.165) is 0 Å². The zero-order valence-corrected chi connectivity index (χ0v) is 20.6. The molecule has 33 heavy (non-hydrogen) atoms. The first-order valence-corrected chi connectivity index (χ1v) is 11.9. The van der Waals surface area contributed by atoms with Crippen molar-refractivity contribution in [1.82, 2.24) is 4.57 Å². The van der Waals surface area contributed by atoms with Gasteiger partial charge < -0.3 is 4.57 Å². The molecule has 0 aliphatic carbocycles. The van der Waals surface area contributed by atoms with Crippen molar-refractivity contribution in [3.05, 3.63) is 102 Å². The Morgan fingerprint density at radius 2 is 1.12 bits per heavy atom. The number of hydrogen-bond donors (Lipinski definition) is 0. The molecule has 0 amide bonds. The molecule has 5 aromatic rings. The normalized spacial score (nSPS) is 12.5. The minimum absolute atomic E-state index is 0.0794. The maximum Gasteiger partial charge on any atom is 0.0619 e. The average Bonchev–Trinajstić information content (AvgIpc) is 3.13. The van der Waals surface area contributed by atoms with Crippen LogP contribution in [0.25, 0.3) is 38.6 Å². The Kier molecular flexibility index (Phi) is 4.97. The van der Waals surface area contributed by atoms with E-state index in [-0.39, 0.29) is 10.8 Å². The molecule has 1 heterocycles. The quantitative estimate of drug-likeness (QED) is 0.263. The number of rotatable bonds is 2. The van der Waals surface area contributed by atoms with E-state index in [2.05, 4.69) is 137 Å². The fourth-order valence-electron chi connectivity index (χ4n) is 4.75. The van der Waals surface area contributed by atoms with Crippen molar-refractivity contribution in [3.8, 4) is 16.8 Å². The van der Waals surface area contributed by atoms with Gasteiger partial charge in [0.15, 0.2) is 0 Å². The molecule has 1 aromatic heterocycles. The molecule has 0 bridgehead atoms. The van der Waals surface area contributed by atoms with E-state index < -0.39 is 0 Å². The van der Waals surface area contributed by atoms with Gasteiger partial charge in [0, 0.05) is 22.0 Å². The van der Waals surface area contributed by atoms with Crippen molar-refractivity contribution in [2.45, 2.75) is 52.4 Å². The summed E-state index contributed by atoms with van der Waals surface area (Å²) in [6.07, 6.45) is 0. The van der Waals surface area contributed by atoms with E-state index in [1.54, 1.807) is 0 Å². The van der Waals surface area contributed by atoms with Crippen molar-refractivity contribution < 1.29 is 0 Å². The molecule has 1 heteroatoms. The largest absolute Gasteiger partial charge is 0.309 e. The number of aromatic nitrogens is 1. The van der Waals surface area contributed by atoms with E-state index in [1.807, 2.05) is 0 Å². The van der Waals surface area contributed by atoms with Crippen LogP contribution in [-0.4, -0.2) is 4.57 Å². The lowest BCUT2D eigenvalue weighted by Gasteiger charge is -2.26. The van der Waals surface area contributed by atoms with Crippen LogP contribution < -0.4 is 0 Å². The van der Waals surface area contributed by atoms with Gasteiger partial charge in [-0.2, -0.15) is 0 Å². The Labute approximate surface area is 197 Å². The molecule has 0 radical (unpaired) electrons. The summed E-state index contributed by atoms with van der Waals surface area (Å²) in [5.74, 6) is 0. The number of para-hydroxylation sites is 3. The Hall–Kier alpha value is -3.32. The maximum atomic E-state index is 2.43. The third-order valence-electron chi connectivity index (χ3n) is 6.69. The molecule has 0 unspecified atom stereocenters. The van der Waals surface area contributed by atoms with Crippen LogP contribution in [0.3, 0.4) is 0 Å². The van der Waals surface area contributed by atoms with E-state index >= 15 is 0 Å². The summed E-state index contributed by atoms with van der Waals surface area (Å²) in [6, 6.07) is 33.4. The van der Waals surface area contributed by atoms with Crippen molar-refractivity contribution in [2.75, 3.05) is 0 Å². The van der Waals surface area contributed by atoms with Gasteiger partial charge in [0.1, 0.15) is 0 Å². The highest BCUT2D eigenvalue weighted by atomic mass is 15.0. The molecule has 0 spiro atoms. The second kappa shape index (κ2) is 7.63. The minimum Gasteiger partial charge on any atom is -0.309 e. The predicted octanol–water partition coefficient (Wildman–Crippen LogP) is 9.05. The molecule has 0 fully saturated rings. The van der Waals surface area contributed by atoms with Crippen molar-refractivity contribution >= 4 is 21.8 Å². The predicted molar refractivity (Wildman–Crippen MR) is 144 cm³/mol. The Balaban J connectivity index is 1.91. The molecular weight excluding hydrogens is 398 g/mol. The highest BCUT2D eigenvalue weighted by molar-refractivity contribution is 6.13. The lowest BCUT2D eigenvalue weighted by Crippen LogP contribution is -2.16. The third-order valence-corrected chi connectivity index (χ3v) is 6.69. The highest BCUT2D eigenvalue weighted by Gasteiger charge is 2.23. The van der Waals surface area contributed by atoms with Gasteiger partial charge in [-0.05, 0) is 45.7 Å². The Morgan fingerprint density at radius 3 is 1.76 bits per heavy atom. The zero-order chi connectivity index (χ0) is 23.4. The summed E-state index contributed by atoms with van der Waals surface area (Å²) in [5, 5.41) is 2.59. The van der Waals surface area contributed by atoms with Gasteiger partial charge in [-0.1, -0.05) is 114 Å². The standard InChI is InChI=1S/C32H33N/c1-31(2,3)23-19-22(20-24(21-23)32(4,5)6)26-16-12-17-28-27-15-10-11-18-29(27)33(30(26)28)25-13-8-7-9-14-25/h7-21H,1-6H3. The van der Waals surface area contributed by atoms with Crippen LogP contribution in [0.5, 0.6) is 0 Å². The lowest BCUT2D eigenvalue weighted by molar-refractivity contribution is 0.569. The molecular formula is C32H33N. The van der Waals surface area contributed by atoms with Crippen LogP contribution in [0.4, 0.5) is 0 Å². The van der Waals surface area contributed by atoms with Crippen LogP contribution in [0.1, 0.15) is 52.7 Å². The van der Waals surface area contributed by atoms with E-state index in [4.69, 9.17) is 0 Å². The van der Waals surface area contributed by atoms with Gasteiger partial charge in [-0.3, -0.25) is 0 Å². The van der Waals surface area contributed by atoms with Gasteiger partial charge in [-0.15, -0.1) is 0 Å². The van der Waals surface area contributed by atoms with Crippen LogP contribution in [0, 0.1) is 0 Å². The van der Waals surface area contributed by atoms with Crippen molar-refractivity contribution in [3.63, 3.8) is 0 Å². The van der Waals surface area contributed by atoms with Crippen molar-refractivity contribution in [2.24, 2.45) is 0 Å². The van der Waals surface area contributed by atoms with E-state index in [9.17, 15) is 0 Å². The fraction of sp³-hybridized carbons (Fsp3) is 0.250. The minimum atomic E-state index is 0.0794. The first kappa shape index (κ1) is 21.5. The molecule has 0 saturated carbocycles. The number of nitrogens with zero attached hydrogens (tertiary/aromatic N) is 1. The van der Waals surface area contributed by atoms with Gasteiger partial charge in [0.25, 0.3) is 0 Å². The first-order chi connectivity index (χ1) is 15.6. The molecule has 0 aliphatic heterocycles. The van der Waals surface area contributed by atoms with Gasteiger partial charge in [-0.25, -0.2) is 0 Å². The van der Waals surface area contributed by atoms with Crippen LogP contribution >= 0.6 is 0 Å². The molecule has 0 N–H and O–H groups in total. The van der Waals surface area contributed by atoms with Crippen molar-refractivity contribution in [1.29, 1.82) is 0 Å². The molecule has 166 valence electrons. The highest BCUT2D eigenvalue weighted by Crippen LogP contribution is 2.40. The molecule has 1 nitrogen and oxygen atoms in total. The second-order valence-corrected chi connectivity index (χ2v) is 11.2. The number of benzene rings is 4. The summed E-state index contributed by atoms with van der Waals surface area (Å²) in [4.78, 5) is 0. The topological polar surface area (TPSA) is 4.93 Å². The summed E-state index contributed by atoms with van der Waals surface area (Å²) in [5.41, 5.74) is 9.20. The molecule has 0 saturated heterocycles. The van der Waals surface area contributed by atoms with E-state index in [1.165, 1.54) is 49.7 Å². The lowest BCUT2D eigenvalue weighted by atomic mass is 9.79. The average molecular weight is 432 g/mol. The number of fused-ring (bicyclic) bond motifs is 3. The molecule has 0 atom stereocenters. The first-order valence-electron chi connectivity index (χ1n) is 11.9. The summed E-state index contributed by atoms with van der Waals surface area (Å²) >= 11 is 0. The fourth-order valence-corrected chi connectivity index (χ4v) is 4.75. The Morgan fingerprint density at radius 1 is 0.545 bits per heavy atom. The summed E-state index contributed by atoms with van der Waals surface area (Å²) in [6.45, 7) is 13.8. The second-order valence-electron chi connectivity index (χ2n) is 11.2. The third kappa shape index (κ3) is 3.76. The SMILES string of the molecule is CC(C)(C)c1cc(-c2cccc3c4ccccc4n(-c4ccccc4)c23)cc(C(C)(C)C)c1. The summed E-state index contributed by atoms with van der Waals surface area (Å²) < 4.78 is 2.43. The van der Waals surface area contributed by atoms with Crippen LogP contribution in [0.15, 0.2) is 91.0 Å². The van der Waals surface area contributed by atoms with E-state index in [0.29, 0.717) is 0 Å². The zero-order valence-electron chi connectivity index (χ0n) is 20.6. The van der Waals surface area contributed by atoms with Gasteiger partial charge >= 0.3 is 0 Å². The Bertz CT molecular complexity index is 1420. The summed E-state index contributed by atoms with van der Waals surface area (Å²) in [7, 11) is 0. The monoisotopic (exact) mass is 431 g/mol. The maximum absolute atomic E-state index is 2.43. The van der Waals surface area contributed by atoms with Gasteiger partial charge in [0.05, 0.1) is 11.0 Å². The molecule has 5 rings (SSSR count). The smallest absolute Gasteiger partial charge is 0.0619 e. The number of hydrogen-bond acceptors (Lipinski definition) is 0.